The molecule has 1 aromatic rings. The number of halogens is 1. The summed E-state index contributed by atoms with van der Waals surface area (Å²) in [5.41, 5.74) is 0.491. The number of carbonyl (C=O) groups excluding carboxylic acids is 2. The maximum absolute atomic E-state index is 12.4. The van der Waals surface area contributed by atoms with E-state index < -0.39 is 5.92 Å². The molecule has 1 fully saturated rings. The second-order valence-electron chi connectivity index (χ2n) is 6.19. The summed E-state index contributed by atoms with van der Waals surface area (Å²) < 4.78 is 0. The molecule has 1 heterocycles. The molecule has 4 nitrogen and oxygen atoms in total. The van der Waals surface area contributed by atoms with Gasteiger partial charge in [0.15, 0.2) is 0 Å². The highest BCUT2D eigenvalue weighted by Crippen LogP contribution is 2.35. The first-order valence-corrected chi connectivity index (χ1v) is 7.01. The van der Waals surface area contributed by atoms with Gasteiger partial charge in [0, 0.05) is 23.2 Å². The predicted octanol–water partition coefficient (Wildman–Crippen LogP) is 2.69. The first kappa shape index (κ1) is 14.9. The van der Waals surface area contributed by atoms with Crippen LogP contribution in [0.5, 0.6) is 0 Å². The third kappa shape index (κ3) is 3.12. The number of hydrogen-bond acceptors (Lipinski definition) is 2. The molecule has 0 radical (unpaired) electrons. The third-order valence-corrected chi connectivity index (χ3v) is 3.90. The summed E-state index contributed by atoms with van der Waals surface area (Å²) in [6, 6.07) is 6.91. The molecule has 2 N–H and O–H groups in total. The number of rotatable bonds is 2. The fourth-order valence-corrected chi connectivity index (χ4v) is 2.71. The second-order valence-corrected chi connectivity index (χ2v) is 6.63. The Kier molecular flexibility index (Phi) is 4.04. The van der Waals surface area contributed by atoms with E-state index in [0.29, 0.717) is 17.3 Å². The maximum atomic E-state index is 12.4. The molecular weight excluding hydrogens is 276 g/mol. The van der Waals surface area contributed by atoms with Crippen molar-refractivity contribution in [2.45, 2.75) is 20.8 Å². The summed E-state index contributed by atoms with van der Waals surface area (Å²) in [6.07, 6.45) is 0. The van der Waals surface area contributed by atoms with E-state index in [4.69, 9.17) is 11.6 Å². The van der Waals surface area contributed by atoms with Crippen LogP contribution in [0.25, 0.3) is 0 Å². The van der Waals surface area contributed by atoms with E-state index in [2.05, 4.69) is 10.6 Å². The van der Waals surface area contributed by atoms with Crippen molar-refractivity contribution in [2.75, 3.05) is 11.9 Å². The summed E-state index contributed by atoms with van der Waals surface area (Å²) in [5.74, 6) is -1.16. The van der Waals surface area contributed by atoms with Gasteiger partial charge in [-0.1, -0.05) is 38.4 Å². The smallest absolute Gasteiger partial charge is 0.237 e. The van der Waals surface area contributed by atoms with Gasteiger partial charge < -0.3 is 10.6 Å². The van der Waals surface area contributed by atoms with Gasteiger partial charge in [0.1, 0.15) is 5.92 Å². The number of anilines is 1. The van der Waals surface area contributed by atoms with Gasteiger partial charge in [0.25, 0.3) is 0 Å². The Labute approximate surface area is 123 Å². The largest absolute Gasteiger partial charge is 0.355 e. The summed E-state index contributed by atoms with van der Waals surface area (Å²) in [6.45, 7) is 6.66. The van der Waals surface area contributed by atoms with Crippen LogP contribution in [0.3, 0.4) is 0 Å². The minimum absolute atomic E-state index is 0.0193. The molecule has 0 saturated carbocycles. The van der Waals surface area contributed by atoms with E-state index in [1.807, 2.05) is 20.8 Å². The molecule has 0 aromatic heterocycles. The molecule has 0 spiro atoms. The Bertz CT molecular complexity index is 537. The number of benzene rings is 1. The van der Waals surface area contributed by atoms with Crippen molar-refractivity contribution in [3.8, 4) is 0 Å². The number of nitrogens with one attached hydrogen (secondary N) is 2. The van der Waals surface area contributed by atoms with Crippen molar-refractivity contribution in [2.24, 2.45) is 17.3 Å². The van der Waals surface area contributed by atoms with Crippen LogP contribution in [-0.2, 0) is 9.59 Å². The summed E-state index contributed by atoms with van der Waals surface area (Å²) >= 11 is 5.89. The van der Waals surface area contributed by atoms with Gasteiger partial charge >= 0.3 is 0 Å². The number of carbonyl (C=O) groups is 2. The molecule has 5 heteroatoms. The molecule has 2 amide bonds. The van der Waals surface area contributed by atoms with E-state index >= 15 is 0 Å². The fourth-order valence-electron chi connectivity index (χ4n) is 2.52. The van der Waals surface area contributed by atoms with Crippen molar-refractivity contribution >= 4 is 29.1 Å². The lowest BCUT2D eigenvalue weighted by Gasteiger charge is -2.29. The summed E-state index contributed by atoms with van der Waals surface area (Å²) in [7, 11) is 0. The van der Waals surface area contributed by atoms with Gasteiger partial charge in [0.2, 0.25) is 11.8 Å². The highest BCUT2D eigenvalue weighted by molar-refractivity contribution is 6.30. The Morgan fingerprint density at radius 3 is 2.70 bits per heavy atom. The lowest BCUT2D eigenvalue weighted by atomic mass is 9.74. The summed E-state index contributed by atoms with van der Waals surface area (Å²) in [4.78, 5) is 24.3. The molecule has 108 valence electrons. The first-order valence-electron chi connectivity index (χ1n) is 6.63. The Balaban J connectivity index is 2.17. The molecular formula is C15H19ClN2O2. The van der Waals surface area contributed by atoms with Crippen LogP contribution in [0.15, 0.2) is 24.3 Å². The molecule has 0 bridgehead atoms. The highest BCUT2D eigenvalue weighted by atomic mass is 35.5. The van der Waals surface area contributed by atoms with E-state index in [9.17, 15) is 9.59 Å². The molecule has 20 heavy (non-hydrogen) atoms. The Hall–Kier alpha value is -1.55. The van der Waals surface area contributed by atoms with E-state index in [1.54, 1.807) is 24.3 Å². The van der Waals surface area contributed by atoms with Crippen LogP contribution < -0.4 is 10.6 Å². The molecule has 0 unspecified atom stereocenters. The monoisotopic (exact) mass is 294 g/mol. The summed E-state index contributed by atoms with van der Waals surface area (Å²) in [5, 5.41) is 6.10. The molecule has 1 aliphatic heterocycles. The SMILES string of the molecule is CC(C)(C)[C@H]1CNC(=O)[C@H]1C(=O)Nc1cccc(Cl)c1. The minimum atomic E-state index is -0.658. The van der Waals surface area contributed by atoms with Gasteiger partial charge in [-0.2, -0.15) is 0 Å². The van der Waals surface area contributed by atoms with Crippen LogP contribution >= 0.6 is 11.6 Å². The van der Waals surface area contributed by atoms with Crippen LogP contribution in [0.1, 0.15) is 20.8 Å². The van der Waals surface area contributed by atoms with Gasteiger partial charge in [0.05, 0.1) is 0 Å². The average Bonchev–Trinajstić information content (AvgIpc) is 2.71. The molecule has 2 atom stereocenters. The maximum Gasteiger partial charge on any atom is 0.237 e. The van der Waals surface area contributed by atoms with Crippen molar-refractivity contribution in [3.63, 3.8) is 0 Å². The molecule has 1 aliphatic rings. The van der Waals surface area contributed by atoms with Crippen LogP contribution in [0.2, 0.25) is 5.02 Å². The highest BCUT2D eigenvalue weighted by Gasteiger charge is 2.45. The Morgan fingerprint density at radius 1 is 1.40 bits per heavy atom. The zero-order chi connectivity index (χ0) is 14.9. The lowest BCUT2D eigenvalue weighted by molar-refractivity contribution is -0.132. The van der Waals surface area contributed by atoms with Gasteiger partial charge in [-0.15, -0.1) is 0 Å². The minimum Gasteiger partial charge on any atom is -0.355 e. The van der Waals surface area contributed by atoms with Crippen molar-refractivity contribution in [3.05, 3.63) is 29.3 Å². The van der Waals surface area contributed by atoms with E-state index in [-0.39, 0.29) is 23.1 Å². The van der Waals surface area contributed by atoms with Crippen LogP contribution in [0.4, 0.5) is 5.69 Å². The predicted molar refractivity (Wildman–Crippen MR) is 79.5 cm³/mol. The zero-order valence-electron chi connectivity index (χ0n) is 11.9. The second kappa shape index (κ2) is 5.44. The number of amides is 2. The lowest BCUT2D eigenvalue weighted by Crippen LogP contribution is -2.37. The quantitative estimate of drug-likeness (QED) is 0.824. The average molecular weight is 295 g/mol. The number of hydrogen-bond donors (Lipinski definition) is 2. The standard InChI is InChI=1S/C15H19ClN2O2/c1-15(2,3)11-8-17-13(19)12(11)14(20)18-10-6-4-5-9(16)7-10/h4-7,11-12H,8H2,1-3H3,(H,17,19)(H,18,20)/t11-,12-/m0/s1. The fraction of sp³-hybridized carbons (Fsp3) is 0.467. The molecule has 2 rings (SSSR count). The van der Waals surface area contributed by atoms with Crippen molar-refractivity contribution < 1.29 is 9.59 Å². The normalized spacial score (nSPS) is 22.5. The third-order valence-electron chi connectivity index (χ3n) is 3.67. The van der Waals surface area contributed by atoms with Crippen molar-refractivity contribution in [1.29, 1.82) is 0 Å². The van der Waals surface area contributed by atoms with Crippen LogP contribution in [0, 0.1) is 17.3 Å². The topological polar surface area (TPSA) is 58.2 Å². The van der Waals surface area contributed by atoms with Gasteiger partial charge in [-0.05, 0) is 23.6 Å². The molecule has 1 aromatic carbocycles. The van der Waals surface area contributed by atoms with E-state index in [1.165, 1.54) is 0 Å². The molecule has 1 saturated heterocycles. The first-order chi connectivity index (χ1) is 9.29. The van der Waals surface area contributed by atoms with Gasteiger partial charge in [-0.3, -0.25) is 9.59 Å². The van der Waals surface area contributed by atoms with Crippen LogP contribution in [-0.4, -0.2) is 18.4 Å². The molecule has 0 aliphatic carbocycles. The van der Waals surface area contributed by atoms with Crippen molar-refractivity contribution in [1.82, 2.24) is 5.32 Å². The Morgan fingerprint density at radius 2 is 2.10 bits per heavy atom. The van der Waals surface area contributed by atoms with Gasteiger partial charge in [-0.25, -0.2) is 0 Å². The zero-order valence-corrected chi connectivity index (χ0v) is 12.6. The van der Waals surface area contributed by atoms with E-state index in [0.717, 1.165) is 0 Å².